The number of aliphatic hydroxyl groups is 1. The molecule has 1 unspecified atom stereocenters. The third-order valence-electron chi connectivity index (χ3n) is 3.86. The van der Waals surface area contributed by atoms with E-state index in [0.29, 0.717) is 5.56 Å². The summed E-state index contributed by atoms with van der Waals surface area (Å²) in [5.74, 6) is -0.410. The Morgan fingerprint density at radius 2 is 1.90 bits per heavy atom. The quantitative estimate of drug-likeness (QED) is 0.868. The molecule has 1 fully saturated rings. The standard InChI is InChI=1S/C14H15FN2O3/c15-11-3-1-10(2-4-11)12(18)14(9-16)5-7-17(8-6-14)13(19)20/h1-4,12,18H,5-8H2,(H,19,20). The topological polar surface area (TPSA) is 84.6 Å². The average molecular weight is 278 g/mol. The van der Waals surface area contributed by atoms with Crippen LogP contribution in [0, 0.1) is 22.6 Å². The van der Waals surface area contributed by atoms with Gasteiger partial charge in [-0.15, -0.1) is 0 Å². The van der Waals surface area contributed by atoms with Crippen LogP contribution in [0.3, 0.4) is 0 Å². The molecular weight excluding hydrogens is 263 g/mol. The van der Waals surface area contributed by atoms with Crippen LogP contribution in [0.15, 0.2) is 24.3 Å². The minimum Gasteiger partial charge on any atom is -0.465 e. The van der Waals surface area contributed by atoms with Gasteiger partial charge in [-0.3, -0.25) is 0 Å². The summed E-state index contributed by atoms with van der Waals surface area (Å²) in [5, 5.41) is 28.7. The normalized spacial score (nSPS) is 19.1. The van der Waals surface area contributed by atoms with Crippen molar-refractivity contribution >= 4 is 6.09 Å². The van der Waals surface area contributed by atoms with Gasteiger partial charge in [0.15, 0.2) is 0 Å². The summed E-state index contributed by atoms with van der Waals surface area (Å²) in [4.78, 5) is 12.1. The van der Waals surface area contributed by atoms with Gasteiger partial charge in [-0.25, -0.2) is 9.18 Å². The summed E-state index contributed by atoms with van der Waals surface area (Å²) < 4.78 is 12.9. The SMILES string of the molecule is N#CC1(C(O)c2ccc(F)cc2)CCN(C(=O)O)CC1. The summed E-state index contributed by atoms with van der Waals surface area (Å²) >= 11 is 0. The number of nitriles is 1. The smallest absolute Gasteiger partial charge is 0.407 e. The van der Waals surface area contributed by atoms with Gasteiger partial charge >= 0.3 is 6.09 Å². The summed E-state index contributed by atoms with van der Waals surface area (Å²) in [5.41, 5.74) is -0.555. The van der Waals surface area contributed by atoms with Crippen molar-refractivity contribution in [3.63, 3.8) is 0 Å². The molecule has 106 valence electrons. The van der Waals surface area contributed by atoms with Gasteiger partial charge in [0.25, 0.3) is 0 Å². The molecule has 1 saturated heterocycles. The number of hydrogen-bond acceptors (Lipinski definition) is 3. The Hall–Kier alpha value is -2.13. The van der Waals surface area contributed by atoms with E-state index in [-0.39, 0.29) is 25.9 Å². The highest BCUT2D eigenvalue weighted by molar-refractivity contribution is 5.65. The van der Waals surface area contributed by atoms with E-state index in [4.69, 9.17) is 5.11 Å². The molecule has 20 heavy (non-hydrogen) atoms. The van der Waals surface area contributed by atoms with E-state index < -0.39 is 23.4 Å². The van der Waals surface area contributed by atoms with E-state index in [1.807, 2.05) is 0 Å². The van der Waals surface area contributed by atoms with Crippen molar-refractivity contribution in [1.29, 1.82) is 5.26 Å². The first-order valence-electron chi connectivity index (χ1n) is 6.31. The highest BCUT2D eigenvalue weighted by Crippen LogP contribution is 2.42. The molecule has 0 spiro atoms. The van der Waals surface area contributed by atoms with Crippen LogP contribution in [0.25, 0.3) is 0 Å². The second kappa shape index (κ2) is 5.47. The number of rotatable bonds is 2. The van der Waals surface area contributed by atoms with Gasteiger partial charge in [0, 0.05) is 13.1 Å². The van der Waals surface area contributed by atoms with Crippen LogP contribution in [0.2, 0.25) is 0 Å². The molecule has 0 radical (unpaired) electrons. The Balaban J connectivity index is 2.18. The van der Waals surface area contributed by atoms with Crippen LogP contribution in [0.1, 0.15) is 24.5 Å². The number of carbonyl (C=O) groups is 1. The van der Waals surface area contributed by atoms with Crippen LogP contribution in [-0.4, -0.2) is 34.3 Å². The minimum absolute atomic E-state index is 0.209. The number of hydrogen-bond donors (Lipinski definition) is 2. The third kappa shape index (κ3) is 2.58. The fourth-order valence-electron chi connectivity index (χ4n) is 2.51. The Morgan fingerprint density at radius 3 is 2.35 bits per heavy atom. The lowest BCUT2D eigenvalue weighted by Crippen LogP contribution is -2.44. The van der Waals surface area contributed by atoms with Crippen LogP contribution < -0.4 is 0 Å². The van der Waals surface area contributed by atoms with Crippen LogP contribution in [0.4, 0.5) is 9.18 Å². The molecule has 1 aliphatic heterocycles. The highest BCUT2D eigenvalue weighted by Gasteiger charge is 2.42. The van der Waals surface area contributed by atoms with Gasteiger partial charge in [0.2, 0.25) is 0 Å². The van der Waals surface area contributed by atoms with Gasteiger partial charge in [-0.2, -0.15) is 5.26 Å². The Morgan fingerprint density at radius 1 is 1.35 bits per heavy atom. The van der Waals surface area contributed by atoms with Crippen molar-refractivity contribution in [2.45, 2.75) is 18.9 Å². The van der Waals surface area contributed by atoms with E-state index in [1.54, 1.807) is 0 Å². The number of halogens is 1. The number of nitrogens with zero attached hydrogens (tertiary/aromatic N) is 2. The highest BCUT2D eigenvalue weighted by atomic mass is 19.1. The Kier molecular flexibility index (Phi) is 3.91. The van der Waals surface area contributed by atoms with Gasteiger partial charge < -0.3 is 15.1 Å². The zero-order valence-electron chi connectivity index (χ0n) is 10.8. The fourth-order valence-corrected chi connectivity index (χ4v) is 2.51. The molecule has 1 aromatic rings. The second-order valence-electron chi connectivity index (χ2n) is 4.99. The van der Waals surface area contributed by atoms with Crippen LogP contribution >= 0.6 is 0 Å². The van der Waals surface area contributed by atoms with Crippen molar-refractivity contribution in [1.82, 2.24) is 4.90 Å². The average Bonchev–Trinajstić information content (AvgIpc) is 2.47. The maximum Gasteiger partial charge on any atom is 0.407 e. The maximum atomic E-state index is 12.9. The first kappa shape index (κ1) is 14.3. The van der Waals surface area contributed by atoms with Gasteiger partial charge in [-0.05, 0) is 30.5 Å². The first-order valence-corrected chi connectivity index (χ1v) is 6.31. The van der Waals surface area contributed by atoms with Crippen molar-refractivity contribution in [2.75, 3.05) is 13.1 Å². The molecule has 5 nitrogen and oxygen atoms in total. The summed E-state index contributed by atoms with van der Waals surface area (Å²) in [6.07, 6.45) is -1.56. The number of benzene rings is 1. The molecule has 1 aromatic carbocycles. The molecular formula is C14H15FN2O3. The molecule has 2 rings (SSSR count). The summed E-state index contributed by atoms with van der Waals surface area (Å²) in [6.45, 7) is 0.419. The van der Waals surface area contributed by atoms with Crippen molar-refractivity contribution < 1.29 is 19.4 Å². The molecule has 2 N–H and O–H groups in total. The minimum atomic E-state index is -1.05. The molecule has 0 bridgehead atoms. The van der Waals surface area contributed by atoms with E-state index >= 15 is 0 Å². The molecule has 1 atom stereocenters. The number of amides is 1. The van der Waals surface area contributed by atoms with E-state index in [9.17, 15) is 19.6 Å². The fraction of sp³-hybridized carbons (Fsp3) is 0.429. The van der Waals surface area contributed by atoms with Crippen molar-refractivity contribution in [2.24, 2.45) is 5.41 Å². The van der Waals surface area contributed by atoms with Crippen LogP contribution in [0.5, 0.6) is 0 Å². The molecule has 1 heterocycles. The molecule has 1 amide bonds. The first-order chi connectivity index (χ1) is 9.48. The van der Waals surface area contributed by atoms with E-state index in [0.717, 1.165) is 0 Å². The van der Waals surface area contributed by atoms with Crippen LogP contribution in [-0.2, 0) is 0 Å². The van der Waals surface area contributed by atoms with Gasteiger partial charge in [0.05, 0.1) is 17.6 Å². The molecule has 0 aromatic heterocycles. The number of piperidine rings is 1. The lowest BCUT2D eigenvalue weighted by molar-refractivity contribution is 0.0150. The summed E-state index contributed by atoms with van der Waals surface area (Å²) in [7, 11) is 0. The second-order valence-corrected chi connectivity index (χ2v) is 4.99. The van der Waals surface area contributed by atoms with Crippen molar-refractivity contribution in [3.05, 3.63) is 35.6 Å². The Labute approximate surface area is 115 Å². The van der Waals surface area contributed by atoms with E-state index in [2.05, 4.69) is 6.07 Å². The number of likely N-dealkylation sites (tertiary alicyclic amines) is 1. The number of aliphatic hydroxyl groups excluding tert-OH is 1. The third-order valence-corrected chi connectivity index (χ3v) is 3.86. The van der Waals surface area contributed by atoms with Crippen molar-refractivity contribution in [3.8, 4) is 6.07 Å². The molecule has 0 aliphatic carbocycles. The largest absolute Gasteiger partial charge is 0.465 e. The number of carboxylic acid groups (broad SMARTS) is 1. The lowest BCUT2D eigenvalue weighted by atomic mass is 9.73. The lowest BCUT2D eigenvalue weighted by Gasteiger charge is -2.39. The zero-order valence-corrected chi connectivity index (χ0v) is 10.8. The predicted octanol–water partition coefficient (Wildman–Crippen LogP) is 2.14. The van der Waals surface area contributed by atoms with Gasteiger partial charge in [-0.1, -0.05) is 12.1 Å². The summed E-state index contributed by atoms with van der Waals surface area (Å²) in [6, 6.07) is 7.48. The Bertz CT molecular complexity index is 530. The predicted molar refractivity (Wildman–Crippen MR) is 68.2 cm³/mol. The molecule has 6 heteroatoms. The van der Waals surface area contributed by atoms with Gasteiger partial charge in [0.1, 0.15) is 5.82 Å². The molecule has 0 saturated carbocycles. The molecule has 1 aliphatic rings. The monoisotopic (exact) mass is 278 g/mol. The zero-order chi connectivity index (χ0) is 14.8. The van der Waals surface area contributed by atoms with E-state index in [1.165, 1.54) is 29.2 Å². The maximum absolute atomic E-state index is 12.9.